The van der Waals surface area contributed by atoms with Crippen molar-refractivity contribution in [2.75, 3.05) is 29.0 Å². The minimum Gasteiger partial charge on any atom is -0.391 e. The molecule has 0 aromatic heterocycles. The predicted molar refractivity (Wildman–Crippen MR) is 144 cm³/mol. The fourth-order valence-corrected chi connectivity index (χ4v) is 5.57. The van der Waals surface area contributed by atoms with Gasteiger partial charge in [-0.1, -0.05) is 48.0 Å². The number of para-hydroxylation sites is 2. The quantitative estimate of drug-likeness (QED) is 0.384. The minimum atomic E-state index is -3.72. The molecule has 0 saturated carbocycles. The van der Waals surface area contributed by atoms with Crippen LogP contribution in [0, 0.1) is 0 Å². The lowest BCUT2D eigenvalue weighted by atomic mass is 10.0. The molecule has 2 heterocycles. The van der Waals surface area contributed by atoms with E-state index >= 15 is 0 Å². The van der Waals surface area contributed by atoms with Crippen molar-refractivity contribution in [3.63, 3.8) is 0 Å². The second-order valence-corrected chi connectivity index (χ2v) is 10.1. The van der Waals surface area contributed by atoms with Gasteiger partial charge >= 0.3 is 0 Å². The Balaban J connectivity index is 0.000000274. The number of sulfonamides is 1. The Labute approximate surface area is 214 Å². The van der Waals surface area contributed by atoms with E-state index in [1.54, 1.807) is 30.5 Å². The number of fused-ring (bicyclic) bond motifs is 2. The number of anilines is 2. The van der Waals surface area contributed by atoms with Crippen molar-refractivity contribution >= 4 is 45.6 Å². The average molecular weight is 525 g/mol. The summed E-state index contributed by atoms with van der Waals surface area (Å²) in [6.07, 6.45) is 2.29. The second kappa shape index (κ2) is 12.0. The van der Waals surface area contributed by atoms with Gasteiger partial charge in [0.2, 0.25) is 1.43 Å². The van der Waals surface area contributed by atoms with Crippen LogP contribution in [-0.2, 0) is 22.9 Å². The van der Waals surface area contributed by atoms with Crippen LogP contribution in [0.5, 0.6) is 0 Å². The zero-order valence-corrected chi connectivity index (χ0v) is 21.2. The molecule has 2 aliphatic heterocycles. The van der Waals surface area contributed by atoms with E-state index in [0.717, 1.165) is 17.7 Å². The number of β-amino-alcohol motifs (C(OH)–C–C–N with tert-alkyl or cyclic N) is 2. The minimum absolute atomic E-state index is 0. The first-order valence-electron chi connectivity index (χ1n) is 11.2. The SMILES string of the molecule is CS.OC1CNc2ccccc2C1.[3H]OC1Cc2ccccc2N(S(=O)(=O)c2ccc(Cl)cc2)C1.[HH]. The van der Waals surface area contributed by atoms with Gasteiger partial charge in [-0.2, -0.15) is 12.6 Å². The molecule has 0 radical (unpaired) electrons. The van der Waals surface area contributed by atoms with Crippen molar-refractivity contribution in [1.29, 1.82) is 1.43 Å². The largest absolute Gasteiger partial charge is 0.391 e. The van der Waals surface area contributed by atoms with Crippen molar-refractivity contribution in [2.24, 2.45) is 0 Å². The number of hydrogen-bond acceptors (Lipinski definition) is 6. The number of rotatable bonds is 3. The van der Waals surface area contributed by atoms with Gasteiger partial charge in [0.05, 0.1) is 29.3 Å². The average Bonchev–Trinajstić information content (AvgIpc) is 2.89. The van der Waals surface area contributed by atoms with E-state index in [2.05, 4.69) is 23.1 Å². The van der Waals surface area contributed by atoms with Gasteiger partial charge in [0.25, 0.3) is 10.0 Å². The summed E-state index contributed by atoms with van der Waals surface area (Å²) in [5.74, 6) is 0. The van der Waals surface area contributed by atoms with E-state index in [9.17, 15) is 13.5 Å². The number of aliphatic hydroxyl groups is 2. The summed E-state index contributed by atoms with van der Waals surface area (Å²) < 4.78 is 34.2. The molecule has 0 aliphatic carbocycles. The van der Waals surface area contributed by atoms with Crippen LogP contribution in [0.4, 0.5) is 11.4 Å². The summed E-state index contributed by atoms with van der Waals surface area (Å²) in [4.78, 5) is 0.164. The second-order valence-electron chi connectivity index (χ2n) is 7.84. The van der Waals surface area contributed by atoms with Gasteiger partial charge in [0.1, 0.15) is 0 Å². The summed E-state index contributed by atoms with van der Waals surface area (Å²) in [5.41, 5.74) is 3.86. The highest BCUT2D eigenvalue weighted by atomic mass is 35.5. The molecule has 2 aliphatic rings. The zero-order valence-electron chi connectivity index (χ0n) is 19.8. The molecule has 2 unspecified atom stereocenters. The third-order valence-electron chi connectivity index (χ3n) is 5.48. The fourth-order valence-electron chi connectivity index (χ4n) is 3.91. The van der Waals surface area contributed by atoms with Gasteiger partial charge in [0, 0.05) is 31.5 Å². The summed E-state index contributed by atoms with van der Waals surface area (Å²) in [5, 5.41) is 17.6. The van der Waals surface area contributed by atoms with Crippen LogP contribution >= 0.6 is 24.2 Å². The van der Waals surface area contributed by atoms with E-state index in [1.165, 1.54) is 22.0 Å². The highest BCUT2D eigenvalue weighted by molar-refractivity contribution is 7.92. The highest BCUT2D eigenvalue weighted by Crippen LogP contribution is 2.32. The number of halogens is 1. The van der Waals surface area contributed by atoms with Crippen LogP contribution in [-0.4, -0.2) is 51.6 Å². The Morgan fingerprint density at radius 1 is 1.00 bits per heavy atom. The Morgan fingerprint density at radius 3 is 2.32 bits per heavy atom. The Morgan fingerprint density at radius 2 is 1.62 bits per heavy atom. The molecule has 0 fully saturated rings. The Hall–Kier alpha value is -2.23. The summed E-state index contributed by atoms with van der Waals surface area (Å²) in [6, 6.07) is 21.4. The number of nitrogens with zero attached hydrogens (tertiary/aromatic N) is 1. The predicted octanol–water partition coefficient (Wildman–Crippen LogP) is 4.26. The molecule has 3 N–H and O–H groups in total. The van der Waals surface area contributed by atoms with Crippen molar-refractivity contribution in [2.45, 2.75) is 29.9 Å². The van der Waals surface area contributed by atoms with Crippen LogP contribution < -0.4 is 9.62 Å². The first kappa shape index (κ1) is 24.9. The van der Waals surface area contributed by atoms with Crippen molar-refractivity contribution in [3.8, 4) is 0 Å². The van der Waals surface area contributed by atoms with Crippen molar-refractivity contribution in [3.05, 3.63) is 88.9 Å². The molecule has 3 aromatic carbocycles. The van der Waals surface area contributed by atoms with E-state index in [0.29, 0.717) is 23.7 Å². The van der Waals surface area contributed by atoms with Crippen LogP contribution in [0.3, 0.4) is 0 Å². The van der Waals surface area contributed by atoms with Gasteiger partial charge in [-0.15, -0.1) is 0 Å². The lowest BCUT2D eigenvalue weighted by Gasteiger charge is -2.33. The first-order chi connectivity index (χ1) is 16.9. The van der Waals surface area contributed by atoms with Gasteiger partial charge in [-0.3, -0.25) is 4.31 Å². The maximum absolute atomic E-state index is 12.9. The molecular formula is C25H31ClN2O4S2. The molecule has 9 heteroatoms. The molecule has 34 heavy (non-hydrogen) atoms. The molecule has 2 atom stereocenters. The maximum Gasteiger partial charge on any atom is 0.264 e. The third-order valence-corrected chi connectivity index (χ3v) is 7.53. The number of thiol groups is 1. The van der Waals surface area contributed by atoms with E-state index < -0.39 is 16.1 Å². The van der Waals surface area contributed by atoms with Gasteiger partial charge in [0.15, 0.2) is 0 Å². The van der Waals surface area contributed by atoms with Crippen LogP contribution in [0.1, 0.15) is 12.6 Å². The number of aliphatic hydroxyl groups excluding tert-OH is 2. The molecule has 0 saturated heterocycles. The number of hydrogen-bond donors (Lipinski definition) is 4. The topological polar surface area (TPSA) is 89.9 Å². The van der Waals surface area contributed by atoms with Crippen molar-refractivity contribution < 1.29 is 20.1 Å². The van der Waals surface area contributed by atoms with Gasteiger partial charge in [-0.25, -0.2) is 8.42 Å². The number of nitrogens with one attached hydrogen (secondary N) is 1. The molecular weight excluding hydrogens is 492 g/mol. The normalized spacial score (nSPS) is 19.1. The van der Waals surface area contributed by atoms with Gasteiger partial charge < -0.3 is 15.5 Å². The molecule has 0 bridgehead atoms. The fraction of sp³-hybridized carbons (Fsp3) is 0.280. The molecule has 5 rings (SSSR count). The molecule has 0 amide bonds. The van der Waals surface area contributed by atoms with Crippen LogP contribution in [0.15, 0.2) is 77.7 Å². The standard InChI is InChI=1S/C15H14ClNO3S.C9H11NO.CH4S.H2/c16-12-5-7-14(8-6-12)21(19,20)17-10-13(18)9-11-3-1-2-4-15(11)17;11-8-5-7-3-1-2-4-9(7)10-6-8;1-2;/h1-8,13,18H,9-10H2;1-4,8,10-11H,5-6H2;2H,1H3;1H/i18T;;;. The first-order valence-corrected chi connectivity index (χ1v) is 13.5. The lowest BCUT2D eigenvalue weighted by Crippen LogP contribution is -2.42. The van der Waals surface area contributed by atoms with Crippen molar-refractivity contribution in [1.82, 2.24) is 0 Å². The molecule has 3 aromatic rings. The van der Waals surface area contributed by atoms with E-state index in [-0.39, 0.29) is 19.0 Å². The smallest absolute Gasteiger partial charge is 0.264 e. The van der Waals surface area contributed by atoms with E-state index in [4.69, 9.17) is 13.0 Å². The Kier molecular flexibility index (Phi) is 8.74. The summed E-state index contributed by atoms with van der Waals surface area (Å²) in [7, 11) is -3.72. The number of benzene rings is 3. The molecule has 184 valence electrons. The highest BCUT2D eigenvalue weighted by Gasteiger charge is 2.32. The summed E-state index contributed by atoms with van der Waals surface area (Å²) in [6.45, 7) is 0.794. The monoisotopic (exact) mass is 524 g/mol. The zero-order chi connectivity index (χ0) is 25.4. The maximum atomic E-state index is 12.9. The van der Waals surface area contributed by atoms with Crippen LogP contribution in [0.25, 0.3) is 0 Å². The molecule has 0 spiro atoms. The van der Waals surface area contributed by atoms with Gasteiger partial charge in [-0.05, 0) is 53.8 Å². The Bertz CT molecular complexity index is 1220. The summed E-state index contributed by atoms with van der Waals surface area (Å²) >= 11 is 9.35. The molecule has 6 nitrogen and oxygen atoms in total. The van der Waals surface area contributed by atoms with Crippen LogP contribution in [0.2, 0.25) is 5.02 Å². The lowest BCUT2D eigenvalue weighted by molar-refractivity contribution is 0.180. The third kappa shape index (κ3) is 6.25. The van der Waals surface area contributed by atoms with E-state index in [1.807, 2.05) is 36.4 Å².